The Labute approximate surface area is 625 Å². The summed E-state index contributed by atoms with van der Waals surface area (Å²) in [6.07, 6.45) is 10.4. The van der Waals surface area contributed by atoms with Gasteiger partial charge in [0, 0.05) is 135 Å². The third-order valence-electron chi connectivity index (χ3n) is 18.7. The van der Waals surface area contributed by atoms with Crippen molar-refractivity contribution in [1.29, 1.82) is 0 Å². The largest absolute Gasteiger partial charge is 0.465 e. The van der Waals surface area contributed by atoms with Crippen molar-refractivity contribution in [2.45, 2.75) is 46.1 Å². The molecule has 6 aromatic carbocycles. The first kappa shape index (κ1) is 75.8. The van der Waals surface area contributed by atoms with Crippen LogP contribution in [-0.4, -0.2) is 175 Å². The van der Waals surface area contributed by atoms with Gasteiger partial charge < -0.3 is 53.0 Å². The maximum Gasteiger partial charge on any atom is 0.387 e. The Morgan fingerprint density at radius 1 is 0.440 bits per heavy atom. The van der Waals surface area contributed by atoms with Crippen LogP contribution in [0.5, 0.6) is 17.2 Å². The summed E-state index contributed by atoms with van der Waals surface area (Å²) in [5, 5.41) is 11.0. The highest BCUT2D eigenvalue weighted by molar-refractivity contribution is 9.10. The molecule has 1 N–H and O–H groups in total. The van der Waals surface area contributed by atoms with Gasteiger partial charge in [-0.25, -0.2) is 34.7 Å². The molecule has 12 aromatic rings. The molecule has 3 fully saturated rings. The average Bonchev–Trinajstić information content (AvgIpc) is 1.69. The highest BCUT2D eigenvalue weighted by Crippen LogP contribution is 2.33. The molecular formula is C75H72BrF6N15O12. The second kappa shape index (κ2) is 33.8. The zero-order valence-corrected chi connectivity index (χ0v) is 60.8. The summed E-state index contributed by atoms with van der Waals surface area (Å²) in [6.45, 7) is -0.823. The summed E-state index contributed by atoms with van der Waals surface area (Å²) in [4.78, 5) is 84.0. The van der Waals surface area contributed by atoms with Crippen LogP contribution in [0, 0.1) is 0 Å². The van der Waals surface area contributed by atoms with Gasteiger partial charge in [0.15, 0.2) is 0 Å². The van der Waals surface area contributed by atoms with Gasteiger partial charge in [0.2, 0.25) is 17.8 Å². The Kier molecular flexibility index (Phi) is 23.5. The number of ether oxygens (including phenoxy) is 7. The smallest absolute Gasteiger partial charge is 0.387 e. The number of hydrogen-bond acceptors (Lipinski definition) is 21. The van der Waals surface area contributed by atoms with Crippen LogP contribution in [0.25, 0.3) is 66.1 Å². The Morgan fingerprint density at radius 2 is 0.761 bits per heavy atom. The first-order chi connectivity index (χ1) is 52.7. The summed E-state index contributed by atoms with van der Waals surface area (Å²) >= 11 is 3.38. The number of methoxy groups -OCH3 is 1. The first-order valence-electron chi connectivity index (χ1n) is 34.3. The fourth-order valence-electron chi connectivity index (χ4n) is 13.0. The molecule has 0 saturated carbocycles. The number of carbonyl (C=O) groups excluding carboxylic acids is 1. The third-order valence-corrected chi connectivity index (χ3v) is 19.2. The van der Waals surface area contributed by atoms with Crippen LogP contribution in [0.15, 0.2) is 165 Å². The van der Waals surface area contributed by atoms with Gasteiger partial charge in [-0.1, -0.05) is 40.2 Å². The van der Waals surface area contributed by atoms with Gasteiger partial charge in [-0.05, 0) is 107 Å². The zero-order valence-electron chi connectivity index (χ0n) is 59.2. The Morgan fingerprint density at radius 3 is 1.09 bits per heavy atom. The van der Waals surface area contributed by atoms with E-state index < -0.39 is 25.8 Å². The number of rotatable bonds is 20. The molecule has 0 spiro atoms. The number of nitrogens with zero attached hydrogens (tertiary/aromatic N) is 15. The quantitative estimate of drug-likeness (QED) is 0.0549. The van der Waals surface area contributed by atoms with E-state index >= 15 is 0 Å². The molecule has 6 aromatic heterocycles. The molecule has 3 saturated heterocycles. The fourth-order valence-corrected chi connectivity index (χ4v) is 13.4. The molecule has 15 rings (SSSR count). The number of fused-ring (bicyclic) bond motifs is 3. The number of esters is 1. The van der Waals surface area contributed by atoms with E-state index in [4.69, 9.17) is 23.7 Å². The number of halogens is 7. The summed E-state index contributed by atoms with van der Waals surface area (Å²) < 4.78 is 123. The number of benzene rings is 6. The van der Waals surface area contributed by atoms with E-state index in [2.05, 4.69) is 65.1 Å². The minimum absolute atomic E-state index is 0.0141. The molecule has 9 heterocycles. The van der Waals surface area contributed by atoms with E-state index in [1.165, 1.54) is 57.6 Å². The molecule has 109 heavy (non-hydrogen) atoms. The van der Waals surface area contributed by atoms with Gasteiger partial charge in [0.1, 0.15) is 17.2 Å². The van der Waals surface area contributed by atoms with Gasteiger partial charge in [0.25, 0.3) is 16.7 Å². The predicted molar refractivity (Wildman–Crippen MR) is 395 cm³/mol. The minimum Gasteiger partial charge on any atom is -0.465 e. The lowest BCUT2D eigenvalue weighted by atomic mass is 10.1. The first-order valence-corrected chi connectivity index (χ1v) is 35.1. The van der Waals surface area contributed by atoms with Gasteiger partial charge in [-0.3, -0.25) is 42.5 Å². The summed E-state index contributed by atoms with van der Waals surface area (Å²) in [7, 11) is 6.08. The number of anilines is 3. The summed E-state index contributed by atoms with van der Waals surface area (Å²) in [5.41, 5.74) is 7.87. The Balaban J connectivity index is 0.000000144. The van der Waals surface area contributed by atoms with Crippen LogP contribution in [0.2, 0.25) is 0 Å². The van der Waals surface area contributed by atoms with Crippen molar-refractivity contribution in [2.75, 3.05) is 101 Å². The van der Waals surface area contributed by atoms with Crippen molar-refractivity contribution in [2.24, 2.45) is 21.1 Å². The molecule has 0 unspecified atom stereocenters. The zero-order chi connectivity index (χ0) is 76.6. The Bertz CT molecular complexity index is 5430. The lowest BCUT2D eigenvalue weighted by molar-refractivity contribution is -0.0512. The van der Waals surface area contributed by atoms with E-state index in [9.17, 15) is 50.6 Å². The van der Waals surface area contributed by atoms with E-state index in [1.807, 2.05) is 41.3 Å². The number of aromatic nitrogens is 12. The molecule has 0 radical (unpaired) electrons. The highest BCUT2D eigenvalue weighted by atomic mass is 79.9. The Hall–Kier alpha value is -11.5. The summed E-state index contributed by atoms with van der Waals surface area (Å²) in [5.74, 6) is 1.22. The molecule has 3 aliphatic heterocycles. The number of carbonyl (C=O) groups is 1. The predicted octanol–water partition coefficient (Wildman–Crippen LogP) is 9.89. The lowest BCUT2D eigenvalue weighted by Gasteiger charge is -2.26. The molecular weight excluding hydrogens is 1500 g/mol. The molecule has 27 nitrogen and oxygen atoms in total. The van der Waals surface area contributed by atoms with Crippen LogP contribution < -0.4 is 45.6 Å². The number of hydrogen-bond donors (Lipinski definition) is 1. The second-order valence-electron chi connectivity index (χ2n) is 25.3. The maximum absolute atomic E-state index is 13.1. The van der Waals surface area contributed by atoms with Gasteiger partial charge >= 0.3 is 25.8 Å². The lowest BCUT2D eigenvalue weighted by Crippen LogP contribution is -2.37. The van der Waals surface area contributed by atoms with Gasteiger partial charge in [0.05, 0.1) is 111 Å². The topological polar surface area (TPSA) is 270 Å². The number of morpholine rings is 3. The van der Waals surface area contributed by atoms with Crippen molar-refractivity contribution in [3.8, 4) is 50.6 Å². The van der Waals surface area contributed by atoms with Crippen molar-refractivity contribution < 1.29 is 69.4 Å². The monoisotopic (exact) mass is 1570 g/mol. The molecule has 34 heteroatoms. The highest BCUT2D eigenvalue weighted by Gasteiger charge is 2.24. The molecule has 0 amide bonds. The number of alkyl halides is 6. The normalized spacial score (nSPS) is 14.0. The van der Waals surface area contributed by atoms with Crippen LogP contribution in [0.3, 0.4) is 0 Å². The van der Waals surface area contributed by atoms with Crippen LogP contribution >= 0.6 is 15.9 Å². The number of aliphatic hydroxyl groups excluding tert-OH is 1. The third kappa shape index (κ3) is 17.1. The van der Waals surface area contributed by atoms with Crippen LogP contribution in [0.4, 0.5) is 44.2 Å². The molecule has 3 aliphatic rings. The SMILES string of the molecule is COC(=O)c1ccc(OC(F)F)c(Cn2c3cc(-c4cnc(N5CCOCC5)nc4)ccc3c(=O)n2C)c1.Cn1c(=O)c2ccc(-c3cnc(N4CCOCC4)nc3)cc2n1Cc1cc(Br)ccc1OC(F)F.Cn1c(=O)c2ccc(-c3cnc(N4CCOCC4)nc3)cc2n1Cc1cc(CO)ccc1OC(F)F. The van der Waals surface area contributed by atoms with Gasteiger partial charge in [-0.15, -0.1) is 0 Å². The second-order valence-corrected chi connectivity index (χ2v) is 26.2. The average molecular weight is 1570 g/mol. The van der Waals surface area contributed by atoms with Crippen molar-refractivity contribution in [3.63, 3.8) is 0 Å². The number of aliphatic hydroxyl groups is 1. The van der Waals surface area contributed by atoms with Crippen molar-refractivity contribution in [3.05, 3.63) is 210 Å². The van der Waals surface area contributed by atoms with Crippen molar-refractivity contribution >= 4 is 72.5 Å². The van der Waals surface area contributed by atoms with Crippen LogP contribution in [0.1, 0.15) is 32.6 Å². The molecule has 568 valence electrons. The van der Waals surface area contributed by atoms with E-state index in [-0.39, 0.29) is 71.3 Å². The minimum atomic E-state index is -3.06. The van der Waals surface area contributed by atoms with E-state index in [1.54, 1.807) is 109 Å². The van der Waals surface area contributed by atoms with Crippen LogP contribution in [-0.2, 0) is 66.3 Å². The molecule has 0 atom stereocenters. The molecule has 0 bridgehead atoms. The summed E-state index contributed by atoms with van der Waals surface area (Å²) in [6, 6.07) is 29.6. The fraction of sp³-hybridized carbons (Fsp3) is 0.307. The van der Waals surface area contributed by atoms with Crippen molar-refractivity contribution in [1.82, 2.24) is 58.0 Å². The van der Waals surface area contributed by atoms with E-state index in [0.717, 1.165) is 72.6 Å². The van der Waals surface area contributed by atoms with Gasteiger partial charge in [-0.2, -0.15) is 26.3 Å². The standard InChI is InChI=1S/C26H25F2N5O5.C25H25F2N5O4.C24H22BrF2N5O3/c1-31-23(34)20-5-3-16(19-13-29-26(30-14-19)32-7-9-37-10-8-32)12-21(20)33(31)15-18-11-17(24(35)36-2)4-6-22(18)38-25(27)28;1-30-23(34)20-4-3-17(19-12-28-25(29-13-19)31-6-8-35-9-7-31)11-21(20)32(30)14-18-10-16(15-33)2-5-22(18)36-24(26)27;1-30-22(33)19-4-2-15(17-12-28-24(29-13-17)31-6-8-34-9-7-31)11-20(19)32(30)14-16-10-18(25)3-5-21(16)35-23(26)27/h3-6,11-14,25H,7-10,15H2,1-2H3;2-5,10-13,24,33H,6-9,14-15H2,1H3;2-5,10-13,23H,6-9,14H2,1H3. The van der Waals surface area contributed by atoms with E-state index in [0.29, 0.717) is 111 Å². The molecule has 0 aliphatic carbocycles. The maximum atomic E-state index is 13.1.